The Hall–Kier alpha value is -2.79. The molecular formula is C27H28N4O3S3. The number of unbranched alkanes of at least 4 members (excludes halogenated alkanes) is 1. The van der Waals surface area contributed by atoms with Crippen molar-refractivity contribution in [3.8, 4) is 16.9 Å². The van der Waals surface area contributed by atoms with Gasteiger partial charge in [0.2, 0.25) is 10.0 Å². The molecule has 0 aliphatic carbocycles. The maximum absolute atomic E-state index is 13.2. The van der Waals surface area contributed by atoms with Crippen LogP contribution in [0.15, 0.2) is 70.6 Å². The lowest BCUT2D eigenvalue weighted by molar-refractivity contribution is -0.122. The summed E-state index contributed by atoms with van der Waals surface area (Å²) in [5.74, 6) is -0.104. The Morgan fingerprint density at radius 3 is 2.57 bits per heavy atom. The molecule has 0 saturated carbocycles. The molecule has 2 saturated heterocycles. The van der Waals surface area contributed by atoms with Gasteiger partial charge in [-0.3, -0.25) is 9.69 Å². The molecule has 3 aromatic rings. The lowest BCUT2D eigenvalue weighted by Gasteiger charge is -2.16. The summed E-state index contributed by atoms with van der Waals surface area (Å²) in [5.41, 5.74) is 2.85. The zero-order valence-electron chi connectivity index (χ0n) is 20.5. The van der Waals surface area contributed by atoms with Crippen LogP contribution in [-0.2, 0) is 14.8 Å². The van der Waals surface area contributed by atoms with Crippen LogP contribution in [0.1, 0.15) is 38.2 Å². The molecule has 0 radical (unpaired) electrons. The average molecular weight is 553 g/mol. The van der Waals surface area contributed by atoms with Gasteiger partial charge in [0, 0.05) is 37.0 Å². The van der Waals surface area contributed by atoms with Gasteiger partial charge in [0.1, 0.15) is 10.0 Å². The Morgan fingerprint density at radius 1 is 1.08 bits per heavy atom. The van der Waals surface area contributed by atoms with Gasteiger partial charge in [0.15, 0.2) is 0 Å². The normalized spacial score (nSPS) is 17.9. The number of benzene rings is 2. The van der Waals surface area contributed by atoms with Gasteiger partial charge in [-0.15, -0.1) is 0 Å². The first-order valence-electron chi connectivity index (χ1n) is 12.4. The SMILES string of the molecule is CCCCN1C(=O)C(=Cc2cn(-c3ccccc3)nc2-c2cccc(S(=O)(=O)N3CCCC3)c2)SC1=S. The second-order valence-corrected chi connectivity index (χ2v) is 12.7. The fraction of sp³-hybridized carbons (Fsp3) is 0.296. The lowest BCUT2D eigenvalue weighted by atomic mass is 10.1. The predicted molar refractivity (Wildman–Crippen MR) is 152 cm³/mol. The monoisotopic (exact) mass is 552 g/mol. The maximum atomic E-state index is 13.2. The van der Waals surface area contributed by atoms with E-state index in [9.17, 15) is 13.2 Å². The van der Waals surface area contributed by atoms with Crippen LogP contribution < -0.4 is 0 Å². The summed E-state index contributed by atoms with van der Waals surface area (Å²) < 4.78 is 30.3. The molecule has 1 amide bonds. The third kappa shape index (κ3) is 5.29. The smallest absolute Gasteiger partial charge is 0.266 e. The molecule has 2 aliphatic rings. The number of nitrogens with zero attached hydrogens (tertiary/aromatic N) is 4. The Balaban J connectivity index is 1.57. The number of para-hydroxylation sites is 1. The summed E-state index contributed by atoms with van der Waals surface area (Å²) in [5, 5.41) is 4.82. The van der Waals surface area contributed by atoms with E-state index in [4.69, 9.17) is 17.3 Å². The fourth-order valence-electron chi connectivity index (χ4n) is 4.46. The lowest BCUT2D eigenvalue weighted by Crippen LogP contribution is -2.28. The highest BCUT2D eigenvalue weighted by Crippen LogP contribution is 2.35. The highest BCUT2D eigenvalue weighted by Gasteiger charge is 2.32. The van der Waals surface area contributed by atoms with Crippen molar-refractivity contribution in [2.75, 3.05) is 19.6 Å². The van der Waals surface area contributed by atoms with Gasteiger partial charge in [0.25, 0.3) is 5.91 Å². The number of aromatic nitrogens is 2. The Labute approximate surface area is 227 Å². The zero-order valence-corrected chi connectivity index (χ0v) is 23.0. The molecule has 0 unspecified atom stereocenters. The van der Waals surface area contributed by atoms with Crippen molar-refractivity contribution < 1.29 is 13.2 Å². The third-order valence-electron chi connectivity index (χ3n) is 6.47. The fourth-order valence-corrected chi connectivity index (χ4v) is 7.32. The summed E-state index contributed by atoms with van der Waals surface area (Å²) in [6.07, 6.45) is 7.29. The van der Waals surface area contributed by atoms with E-state index in [2.05, 4.69) is 6.92 Å². The van der Waals surface area contributed by atoms with Crippen molar-refractivity contribution in [1.82, 2.24) is 19.0 Å². The van der Waals surface area contributed by atoms with E-state index in [1.807, 2.05) is 48.7 Å². The number of hydrogen-bond acceptors (Lipinski definition) is 6. The van der Waals surface area contributed by atoms with Crippen molar-refractivity contribution >= 4 is 50.3 Å². The standard InChI is InChI=1S/C27H28N4O3S3/c1-2-3-16-30-26(32)24(36-27(30)35)18-21-19-31(22-11-5-4-6-12-22)28-25(21)20-10-9-13-23(17-20)37(33,34)29-14-7-8-15-29/h4-6,9-13,17-19H,2-3,7-8,14-16H2,1H3. The second kappa shape index (κ2) is 10.9. The summed E-state index contributed by atoms with van der Waals surface area (Å²) in [4.78, 5) is 15.6. The molecular weight excluding hydrogens is 525 g/mol. The zero-order chi connectivity index (χ0) is 26.0. The molecule has 5 rings (SSSR count). The molecule has 2 aliphatic heterocycles. The Kier molecular flexibility index (Phi) is 7.62. The third-order valence-corrected chi connectivity index (χ3v) is 9.74. The molecule has 0 N–H and O–H groups in total. The minimum Gasteiger partial charge on any atom is -0.293 e. The van der Waals surface area contributed by atoms with Crippen molar-refractivity contribution in [3.05, 3.63) is 71.3 Å². The molecule has 0 spiro atoms. The Bertz CT molecular complexity index is 1460. The second-order valence-electron chi connectivity index (χ2n) is 9.04. The first-order valence-corrected chi connectivity index (χ1v) is 15.1. The van der Waals surface area contributed by atoms with Crippen molar-refractivity contribution in [3.63, 3.8) is 0 Å². The van der Waals surface area contributed by atoms with E-state index in [-0.39, 0.29) is 10.8 Å². The van der Waals surface area contributed by atoms with E-state index < -0.39 is 10.0 Å². The number of rotatable bonds is 8. The van der Waals surface area contributed by atoms with Gasteiger partial charge >= 0.3 is 0 Å². The minimum absolute atomic E-state index is 0.104. The number of carbonyl (C=O) groups is 1. The topological polar surface area (TPSA) is 75.5 Å². The Morgan fingerprint density at radius 2 is 1.84 bits per heavy atom. The first-order chi connectivity index (χ1) is 17.9. The van der Waals surface area contributed by atoms with Crippen molar-refractivity contribution in [1.29, 1.82) is 0 Å². The van der Waals surface area contributed by atoms with E-state index >= 15 is 0 Å². The number of thioether (sulfide) groups is 1. The molecule has 3 heterocycles. The molecule has 0 bridgehead atoms. The highest BCUT2D eigenvalue weighted by atomic mass is 32.2. The van der Waals surface area contributed by atoms with Crippen LogP contribution in [0.25, 0.3) is 23.0 Å². The van der Waals surface area contributed by atoms with Crippen LogP contribution in [-0.4, -0.2) is 57.3 Å². The van der Waals surface area contributed by atoms with E-state index in [0.717, 1.165) is 36.9 Å². The average Bonchev–Trinajstić information content (AvgIpc) is 3.65. The predicted octanol–water partition coefficient (Wildman–Crippen LogP) is 5.33. The van der Waals surface area contributed by atoms with Crippen LogP contribution in [0.5, 0.6) is 0 Å². The van der Waals surface area contributed by atoms with Crippen LogP contribution in [0, 0.1) is 0 Å². The number of thiocarbonyl (C=S) groups is 1. The highest BCUT2D eigenvalue weighted by molar-refractivity contribution is 8.26. The molecule has 2 fully saturated rings. The van der Waals surface area contributed by atoms with E-state index in [1.54, 1.807) is 27.8 Å². The quantitative estimate of drug-likeness (QED) is 0.278. The number of carbonyl (C=O) groups excluding carboxylic acids is 1. The molecule has 2 aromatic carbocycles. The number of amides is 1. The molecule has 7 nitrogen and oxygen atoms in total. The molecule has 10 heteroatoms. The van der Waals surface area contributed by atoms with Crippen LogP contribution >= 0.6 is 24.0 Å². The van der Waals surface area contributed by atoms with Crippen molar-refractivity contribution in [2.24, 2.45) is 0 Å². The van der Waals surface area contributed by atoms with Gasteiger partial charge in [-0.25, -0.2) is 13.1 Å². The summed E-state index contributed by atoms with van der Waals surface area (Å²) in [7, 11) is -3.58. The van der Waals surface area contributed by atoms with E-state index in [1.165, 1.54) is 16.1 Å². The van der Waals surface area contributed by atoms with Crippen LogP contribution in [0.2, 0.25) is 0 Å². The van der Waals surface area contributed by atoms with Gasteiger partial charge in [-0.1, -0.05) is 67.7 Å². The minimum atomic E-state index is -3.58. The summed E-state index contributed by atoms with van der Waals surface area (Å²) >= 11 is 6.77. The van der Waals surface area contributed by atoms with Crippen LogP contribution in [0.3, 0.4) is 0 Å². The van der Waals surface area contributed by atoms with Gasteiger partial charge in [-0.2, -0.15) is 9.40 Å². The molecule has 1 aromatic heterocycles. The summed E-state index contributed by atoms with van der Waals surface area (Å²) in [6.45, 7) is 3.77. The molecule has 192 valence electrons. The summed E-state index contributed by atoms with van der Waals surface area (Å²) in [6, 6.07) is 16.6. The molecule has 0 atom stereocenters. The number of sulfonamides is 1. The largest absolute Gasteiger partial charge is 0.293 e. The first kappa shape index (κ1) is 25.8. The maximum Gasteiger partial charge on any atom is 0.266 e. The molecule has 37 heavy (non-hydrogen) atoms. The van der Waals surface area contributed by atoms with Crippen LogP contribution in [0.4, 0.5) is 0 Å². The van der Waals surface area contributed by atoms with Gasteiger partial charge < -0.3 is 0 Å². The van der Waals surface area contributed by atoms with Gasteiger partial charge in [-0.05, 0) is 49.6 Å². The van der Waals surface area contributed by atoms with Crippen molar-refractivity contribution in [2.45, 2.75) is 37.5 Å². The van der Waals surface area contributed by atoms with Gasteiger partial charge in [0.05, 0.1) is 15.5 Å². The van der Waals surface area contributed by atoms with E-state index in [0.29, 0.717) is 40.1 Å². The number of hydrogen-bond donors (Lipinski definition) is 0.